The summed E-state index contributed by atoms with van der Waals surface area (Å²) in [4.78, 5) is 20.4. The highest BCUT2D eigenvalue weighted by atomic mass is 16.2. The van der Waals surface area contributed by atoms with E-state index in [2.05, 4.69) is 5.32 Å². The Kier molecular flexibility index (Phi) is 0.911. The largest absolute Gasteiger partial charge is 0.323 e. The third-order valence-electron chi connectivity index (χ3n) is 0.806. The van der Waals surface area contributed by atoms with E-state index in [0.29, 0.717) is 0 Å². The first-order valence-corrected chi connectivity index (χ1v) is 2.07. The van der Waals surface area contributed by atoms with E-state index in [1.807, 2.05) is 5.32 Å². The van der Waals surface area contributed by atoms with Crippen molar-refractivity contribution < 1.29 is 9.59 Å². The van der Waals surface area contributed by atoms with Crippen LogP contribution in [-0.4, -0.2) is 18.1 Å². The maximum absolute atomic E-state index is 10.3. The van der Waals surface area contributed by atoms with Crippen molar-refractivity contribution in [3.63, 3.8) is 0 Å². The van der Waals surface area contributed by atoms with Crippen molar-refractivity contribution in [1.29, 1.82) is 0 Å². The van der Waals surface area contributed by atoms with Crippen molar-refractivity contribution in [2.24, 2.45) is 5.73 Å². The highest BCUT2D eigenvalue weighted by Crippen LogP contribution is 1.81. The molecular formula is C3H5N3O2. The van der Waals surface area contributed by atoms with Gasteiger partial charge in [-0.3, -0.25) is 10.1 Å². The summed E-state index contributed by atoms with van der Waals surface area (Å²) in [5, 5.41) is 4.10. The van der Waals surface area contributed by atoms with Gasteiger partial charge in [0, 0.05) is 0 Å². The fourth-order valence-corrected chi connectivity index (χ4v) is 0.433. The molecule has 0 radical (unpaired) electrons. The first-order chi connectivity index (χ1) is 3.70. The van der Waals surface area contributed by atoms with E-state index in [9.17, 15) is 9.59 Å². The predicted molar refractivity (Wildman–Crippen MR) is 24.6 cm³/mol. The molecule has 5 heteroatoms. The number of carbonyl (C=O) groups is 2. The third kappa shape index (κ3) is 0.627. The maximum Gasteiger partial charge on any atom is 0.323 e. The van der Waals surface area contributed by atoms with Gasteiger partial charge in [0.2, 0.25) is 0 Å². The summed E-state index contributed by atoms with van der Waals surface area (Å²) >= 11 is 0. The van der Waals surface area contributed by atoms with Gasteiger partial charge in [0.25, 0.3) is 5.91 Å². The van der Waals surface area contributed by atoms with Crippen LogP contribution in [0.25, 0.3) is 0 Å². The van der Waals surface area contributed by atoms with Gasteiger partial charge in [0.05, 0.1) is 0 Å². The van der Waals surface area contributed by atoms with Crippen LogP contribution in [0.3, 0.4) is 0 Å². The van der Waals surface area contributed by atoms with Crippen molar-refractivity contribution in [2.75, 3.05) is 0 Å². The smallest absolute Gasteiger partial charge is 0.314 e. The van der Waals surface area contributed by atoms with Gasteiger partial charge in [-0.05, 0) is 0 Å². The number of hydrogen-bond acceptors (Lipinski definition) is 3. The van der Waals surface area contributed by atoms with Crippen LogP contribution in [0.15, 0.2) is 0 Å². The van der Waals surface area contributed by atoms with E-state index in [1.165, 1.54) is 0 Å². The first kappa shape index (κ1) is 5.04. The number of nitrogens with one attached hydrogen (secondary N) is 2. The molecule has 1 fully saturated rings. The Labute approximate surface area is 45.2 Å². The SMILES string of the molecule is N[C@@H]1NC(=O)NC1=O. The zero-order valence-corrected chi connectivity index (χ0v) is 3.97. The van der Waals surface area contributed by atoms with Crippen LogP contribution < -0.4 is 16.4 Å². The summed E-state index contributed by atoms with van der Waals surface area (Å²) in [7, 11) is 0. The minimum absolute atomic E-state index is 0.477. The second kappa shape index (κ2) is 1.45. The van der Waals surface area contributed by atoms with Crippen LogP contribution >= 0.6 is 0 Å². The van der Waals surface area contributed by atoms with Crippen LogP contribution in [0, 0.1) is 0 Å². The fourth-order valence-electron chi connectivity index (χ4n) is 0.433. The predicted octanol–water partition coefficient (Wildman–Crippen LogP) is -1.89. The van der Waals surface area contributed by atoms with Crippen molar-refractivity contribution in [3.05, 3.63) is 0 Å². The molecule has 1 rings (SSSR count). The minimum atomic E-state index is -0.859. The number of carbonyl (C=O) groups excluding carboxylic acids is 2. The Morgan fingerprint density at radius 3 is 2.25 bits per heavy atom. The van der Waals surface area contributed by atoms with E-state index in [1.54, 1.807) is 0 Å². The first-order valence-electron chi connectivity index (χ1n) is 2.07. The molecule has 1 aliphatic rings. The molecule has 0 saturated carbocycles. The zero-order chi connectivity index (χ0) is 6.15. The Hall–Kier alpha value is -1.10. The third-order valence-corrected chi connectivity index (χ3v) is 0.806. The lowest BCUT2D eigenvalue weighted by Crippen LogP contribution is -2.37. The molecule has 4 N–H and O–H groups in total. The van der Waals surface area contributed by atoms with Gasteiger partial charge in [0.1, 0.15) is 0 Å². The molecule has 1 heterocycles. The van der Waals surface area contributed by atoms with Crippen LogP contribution in [0.4, 0.5) is 4.79 Å². The number of rotatable bonds is 0. The van der Waals surface area contributed by atoms with E-state index in [4.69, 9.17) is 5.73 Å². The van der Waals surface area contributed by atoms with Gasteiger partial charge < -0.3 is 11.1 Å². The van der Waals surface area contributed by atoms with Gasteiger partial charge in [0.15, 0.2) is 6.17 Å². The molecule has 5 nitrogen and oxygen atoms in total. The fraction of sp³-hybridized carbons (Fsp3) is 0.333. The molecule has 0 unspecified atom stereocenters. The molecular weight excluding hydrogens is 110 g/mol. The van der Waals surface area contributed by atoms with E-state index in [-0.39, 0.29) is 0 Å². The molecule has 0 aromatic heterocycles. The van der Waals surface area contributed by atoms with Crippen molar-refractivity contribution >= 4 is 11.9 Å². The second-order valence-electron chi connectivity index (χ2n) is 1.44. The quantitative estimate of drug-likeness (QED) is 0.323. The number of urea groups is 1. The zero-order valence-electron chi connectivity index (χ0n) is 3.97. The van der Waals surface area contributed by atoms with Crippen LogP contribution in [-0.2, 0) is 4.79 Å². The number of hydrogen-bond donors (Lipinski definition) is 3. The van der Waals surface area contributed by atoms with Gasteiger partial charge in [-0.1, -0.05) is 0 Å². The molecule has 8 heavy (non-hydrogen) atoms. The van der Waals surface area contributed by atoms with Crippen LogP contribution in [0.2, 0.25) is 0 Å². The highest BCUT2D eigenvalue weighted by molar-refractivity contribution is 6.03. The van der Waals surface area contributed by atoms with E-state index < -0.39 is 18.1 Å². The summed E-state index contributed by atoms with van der Waals surface area (Å²) in [6, 6.07) is -0.525. The lowest BCUT2D eigenvalue weighted by atomic mass is 10.5. The Balaban J connectivity index is 2.64. The number of amides is 3. The summed E-state index contributed by atoms with van der Waals surface area (Å²) < 4.78 is 0. The lowest BCUT2D eigenvalue weighted by molar-refractivity contribution is -0.120. The summed E-state index contributed by atoms with van der Waals surface area (Å²) in [5.74, 6) is -0.477. The average Bonchev–Trinajstić information content (AvgIpc) is 1.85. The standard InChI is InChI=1S/C3H5N3O2/c4-1-2(7)6-3(8)5-1/h1H,4H2,(H2,5,6,7,8)/t1-/m1/s1. The Morgan fingerprint density at radius 1 is 1.50 bits per heavy atom. The maximum atomic E-state index is 10.3. The molecule has 0 aromatic rings. The molecule has 0 spiro atoms. The van der Waals surface area contributed by atoms with E-state index >= 15 is 0 Å². The van der Waals surface area contributed by atoms with E-state index in [0.717, 1.165) is 0 Å². The molecule has 44 valence electrons. The molecule has 0 aromatic carbocycles. The molecule has 0 aliphatic carbocycles. The van der Waals surface area contributed by atoms with Gasteiger partial charge in [-0.15, -0.1) is 0 Å². The Bertz CT molecular complexity index is 143. The topological polar surface area (TPSA) is 84.2 Å². The summed E-state index contributed by atoms with van der Waals surface area (Å²) in [6.07, 6.45) is -0.859. The van der Waals surface area contributed by atoms with Gasteiger partial charge in [-0.25, -0.2) is 4.79 Å². The Morgan fingerprint density at radius 2 is 2.12 bits per heavy atom. The van der Waals surface area contributed by atoms with Crippen LogP contribution in [0.5, 0.6) is 0 Å². The minimum Gasteiger partial charge on any atom is -0.314 e. The normalized spacial score (nSPS) is 27.4. The number of nitrogens with two attached hydrogens (primary N) is 1. The van der Waals surface area contributed by atoms with Crippen molar-refractivity contribution in [3.8, 4) is 0 Å². The van der Waals surface area contributed by atoms with Crippen molar-refractivity contribution in [1.82, 2.24) is 10.6 Å². The van der Waals surface area contributed by atoms with Gasteiger partial charge in [-0.2, -0.15) is 0 Å². The average molecular weight is 115 g/mol. The summed E-state index contributed by atoms with van der Waals surface area (Å²) in [6.45, 7) is 0. The van der Waals surface area contributed by atoms with Crippen LogP contribution in [0.1, 0.15) is 0 Å². The lowest BCUT2D eigenvalue weighted by Gasteiger charge is -1.92. The van der Waals surface area contributed by atoms with Crippen molar-refractivity contribution in [2.45, 2.75) is 6.17 Å². The van der Waals surface area contributed by atoms with Gasteiger partial charge >= 0.3 is 6.03 Å². The molecule has 1 saturated heterocycles. The molecule has 1 atom stereocenters. The number of imide groups is 1. The molecule has 3 amide bonds. The highest BCUT2D eigenvalue weighted by Gasteiger charge is 2.24. The molecule has 0 bridgehead atoms. The summed E-state index contributed by atoms with van der Waals surface area (Å²) in [5.41, 5.74) is 5.02. The second-order valence-corrected chi connectivity index (χ2v) is 1.44. The molecule has 1 aliphatic heterocycles. The monoisotopic (exact) mass is 115 g/mol.